The summed E-state index contributed by atoms with van der Waals surface area (Å²) in [5, 5.41) is 12.2. The number of amides is 2. The van der Waals surface area contributed by atoms with Crippen LogP contribution in [0.2, 0.25) is 0 Å². The van der Waals surface area contributed by atoms with Gasteiger partial charge in [0.25, 0.3) is 0 Å². The average molecular weight is 477 g/mol. The number of carbonyl (C=O) groups excluding carboxylic acids is 2. The molecule has 4 rings (SSSR count). The highest BCUT2D eigenvalue weighted by atomic mass is 32.2. The van der Waals surface area contributed by atoms with E-state index in [1.807, 2.05) is 30.3 Å². The van der Waals surface area contributed by atoms with Gasteiger partial charge in [-0.25, -0.2) is 0 Å². The Kier molecular flexibility index (Phi) is 7.51. The zero-order valence-electron chi connectivity index (χ0n) is 20.1. The van der Waals surface area contributed by atoms with E-state index >= 15 is 0 Å². The monoisotopic (exact) mass is 476 g/mol. The summed E-state index contributed by atoms with van der Waals surface area (Å²) in [7, 11) is 0. The Bertz CT molecular complexity index is 1130. The first kappa shape index (κ1) is 24.2. The molecular weight excluding hydrogens is 444 g/mol. The number of aromatic nitrogens is 3. The van der Waals surface area contributed by atoms with Gasteiger partial charge in [0.1, 0.15) is 0 Å². The number of benzene rings is 2. The number of nitrogens with one attached hydrogen (secondary N) is 1. The molecule has 1 aliphatic rings. The highest BCUT2D eigenvalue weighted by Crippen LogP contribution is 2.37. The van der Waals surface area contributed by atoms with Crippen LogP contribution in [0.4, 0.5) is 0 Å². The highest BCUT2D eigenvalue weighted by molar-refractivity contribution is 7.99. The lowest BCUT2D eigenvalue weighted by molar-refractivity contribution is -0.128. The molecule has 3 aromatic rings. The number of hydrogen-bond acceptors (Lipinski definition) is 5. The molecule has 2 amide bonds. The molecule has 0 bridgehead atoms. The van der Waals surface area contributed by atoms with E-state index in [9.17, 15) is 9.59 Å². The topological polar surface area (TPSA) is 76.9 Å². The van der Waals surface area contributed by atoms with E-state index in [1.165, 1.54) is 30.2 Å². The maximum absolute atomic E-state index is 12.4. The van der Waals surface area contributed by atoms with E-state index < -0.39 is 0 Å². The standard InChI is InChI=1S/C27H32N4O2S/c1-27(2,3)21-15-13-20(14-16-21)25-29-30-26(31(25)22-11-7-8-12-22)34-18-24(33)28-23(32)17-19-9-5-4-6-10-19/h4-6,9-10,13-16,22H,7-8,11-12,17-18H2,1-3H3,(H,28,32,33). The molecule has 34 heavy (non-hydrogen) atoms. The molecule has 6 nitrogen and oxygen atoms in total. The smallest absolute Gasteiger partial charge is 0.237 e. The van der Waals surface area contributed by atoms with E-state index in [4.69, 9.17) is 0 Å². The quantitative estimate of drug-likeness (QED) is 0.466. The Morgan fingerprint density at radius 3 is 2.29 bits per heavy atom. The normalized spacial score (nSPS) is 14.3. The summed E-state index contributed by atoms with van der Waals surface area (Å²) in [6.45, 7) is 6.61. The third kappa shape index (κ3) is 5.95. The second kappa shape index (κ2) is 10.6. The first-order valence-electron chi connectivity index (χ1n) is 11.9. The molecule has 1 heterocycles. The molecule has 1 aromatic heterocycles. The number of hydrogen-bond donors (Lipinski definition) is 1. The van der Waals surface area contributed by atoms with Gasteiger partial charge in [-0.3, -0.25) is 19.5 Å². The molecule has 1 fully saturated rings. The predicted molar refractivity (Wildman–Crippen MR) is 136 cm³/mol. The van der Waals surface area contributed by atoms with Crippen molar-refractivity contribution >= 4 is 23.6 Å². The summed E-state index contributed by atoms with van der Waals surface area (Å²) in [6.07, 6.45) is 4.72. The molecule has 0 atom stereocenters. The number of rotatable bonds is 7. The van der Waals surface area contributed by atoms with Gasteiger partial charge < -0.3 is 0 Å². The van der Waals surface area contributed by atoms with Crippen LogP contribution in [0, 0.1) is 0 Å². The van der Waals surface area contributed by atoms with Gasteiger partial charge in [0.15, 0.2) is 11.0 Å². The summed E-state index contributed by atoms with van der Waals surface area (Å²) in [4.78, 5) is 24.7. The van der Waals surface area contributed by atoms with Crippen LogP contribution in [0.1, 0.15) is 63.6 Å². The van der Waals surface area contributed by atoms with Gasteiger partial charge in [0.05, 0.1) is 12.2 Å². The van der Waals surface area contributed by atoms with Crippen molar-refractivity contribution < 1.29 is 9.59 Å². The molecule has 178 valence electrons. The van der Waals surface area contributed by atoms with Crippen molar-refractivity contribution in [1.29, 1.82) is 0 Å². The Morgan fingerprint density at radius 2 is 1.65 bits per heavy atom. The number of nitrogens with zero attached hydrogens (tertiary/aromatic N) is 3. The van der Waals surface area contributed by atoms with Crippen LogP contribution < -0.4 is 5.32 Å². The third-order valence-electron chi connectivity index (χ3n) is 6.18. The van der Waals surface area contributed by atoms with E-state index in [0.29, 0.717) is 6.04 Å². The summed E-state index contributed by atoms with van der Waals surface area (Å²) in [5.74, 6) is 0.348. The molecular formula is C27H32N4O2S. The fraction of sp³-hybridized carbons (Fsp3) is 0.407. The van der Waals surface area contributed by atoms with Gasteiger partial charge in [-0.2, -0.15) is 0 Å². The summed E-state index contributed by atoms with van der Waals surface area (Å²) >= 11 is 1.34. The van der Waals surface area contributed by atoms with E-state index in [1.54, 1.807) is 0 Å². The summed E-state index contributed by atoms with van der Waals surface area (Å²) in [5.41, 5.74) is 3.27. The van der Waals surface area contributed by atoms with Crippen LogP contribution in [0.3, 0.4) is 0 Å². The van der Waals surface area contributed by atoms with Gasteiger partial charge in [-0.1, -0.05) is 100.0 Å². The molecule has 0 aliphatic heterocycles. The fourth-order valence-corrected chi connectivity index (χ4v) is 5.14. The molecule has 0 unspecified atom stereocenters. The van der Waals surface area contributed by atoms with Crippen molar-refractivity contribution in [1.82, 2.24) is 20.1 Å². The van der Waals surface area contributed by atoms with Crippen molar-refractivity contribution in [3.63, 3.8) is 0 Å². The average Bonchev–Trinajstić information content (AvgIpc) is 3.47. The van der Waals surface area contributed by atoms with Gasteiger partial charge in [0, 0.05) is 11.6 Å². The van der Waals surface area contributed by atoms with E-state index in [-0.39, 0.29) is 29.4 Å². The van der Waals surface area contributed by atoms with Crippen LogP contribution in [-0.2, 0) is 21.4 Å². The Hall–Kier alpha value is -2.93. The lowest BCUT2D eigenvalue weighted by Gasteiger charge is -2.20. The minimum atomic E-state index is -0.317. The Labute approximate surface area is 205 Å². The minimum absolute atomic E-state index is 0.0873. The van der Waals surface area contributed by atoms with Crippen molar-refractivity contribution in [3.05, 3.63) is 65.7 Å². The molecule has 2 aromatic carbocycles. The number of thioether (sulfide) groups is 1. The summed E-state index contributed by atoms with van der Waals surface area (Å²) in [6, 6.07) is 18.3. The largest absolute Gasteiger partial charge is 0.299 e. The maximum Gasteiger partial charge on any atom is 0.237 e. The first-order chi connectivity index (χ1) is 16.3. The van der Waals surface area contributed by atoms with Crippen molar-refractivity contribution in [2.75, 3.05) is 5.75 Å². The lowest BCUT2D eigenvalue weighted by atomic mass is 9.86. The van der Waals surface area contributed by atoms with Crippen LogP contribution in [0.25, 0.3) is 11.4 Å². The molecule has 1 N–H and O–H groups in total. The van der Waals surface area contributed by atoms with Crippen molar-refractivity contribution in [2.45, 2.75) is 69.5 Å². The third-order valence-corrected chi connectivity index (χ3v) is 7.13. The van der Waals surface area contributed by atoms with Crippen LogP contribution in [0.15, 0.2) is 59.8 Å². The molecule has 0 spiro atoms. The van der Waals surface area contributed by atoms with Gasteiger partial charge >= 0.3 is 0 Å². The molecule has 1 aliphatic carbocycles. The second-order valence-electron chi connectivity index (χ2n) is 9.86. The molecule has 7 heteroatoms. The number of carbonyl (C=O) groups is 2. The summed E-state index contributed by atoms with van der Waals surface area (Å²) < 4.78 is 2.20. The van der Waals surface area contributed by atoms with E-state index in [0.717, 1.165) is 34.9 Å². The van der Waals surface area contributed by atoms with E-state index in [2.05, 4.69) is 65.1 Å². The maximum atomic E-state index is 12.4. The lowest BCUT2D eigenvalue weighted by Crippen LogP contribution is -2.33. The first-order valence-corrected chi connectivity index (χ1v) is 12.8. The fourth-order valence-electron chi connectivity index (χ4n) is 4.33. The zero-order valence-corrected chi connectivity index (χ0v) is 20.9. The minimum Gasteiger partial charge on any atom is -0.299 e. The van der Waals surface area contributed by atoms with Gasteiger partial charge in [-0.15, -0.1) is 10.2 Å². The predicted octanol–water partition coefficient (Wildman–Crippen LogP) is 5.34. The second-order valence-corrected chi connectivity index (χ2v) is 10.8. The van der Waals surface area contributed by atoms with Crippen molar-refractivity contribution in [3.8, 4) is 11.4 Å². The zero-order chi connectivity index (χ0) is 24.1. The highest BCUT2D eigenvalue weighted by Gasteiger charge is 2.26. The van der Waals surface area contributed by atoms with Gasteiger partial charge in [-0.05, 0) is 29.4 Å². The van der Waals surface area contributed by atoms with Crippen LogP contribution in [-0.4, -0.2) is 32.3 Å². The van der Waals surface area contributed by atoms with Crippen LogP contribution >= 0.6 is 11.8 Å². The number of imide groups is 1. The molecule has 0 saturated heterocycles. The molecule has 1 saturated carbocycles. The Balaban J connectivity index is 1.46. The molecule has 0 radical (unpaired) electrons. The van der Waals surface area contributed by atoms with Crippen molar-refractivity contribution in [2.24, 2.45) is 0 Å². The Morgan fingerprint density at radius 1 is 0.971 bits per heavy atom. The van der Waals surface area contributed by atoms with Crippen LogP contribution in [0.5, 0.6) is 0 Å². The van der Waals surface area contributed by atoms with Gasteiger partial charge in [0.2, 0.25) is 11.8 Å². The SMILES string of the molecule is CC(C)(C)c1ccc(-c2nnc(SCC(=O)NC(=O)Cc3ccccc3)n2C2CCCC2)cc1.